The smallest absolute Gasteiger partial charge is 0.287 e. The number of amides is 2. The number of hydrazone groups is 1. The quantitative estimate of drug-likeness (QED) is 0.397. The molecular formula is C19H18BrN3O3. The van der Waals surface area contributed by atoms with E-state index >= 15 is 0 Å². The van der Waals surface area contributed by atoms with Crippen molar-refractivity contribution in [1.29, 1.82) is 0 Å². The van der Waals surface area contributed by atoms with Gasteiger partial charge in [-0.05, 0) is 71.2 Å². The van der Waals surface area contributed by atoms with E-state index in [2.05, 4.69) is 31.8 Å². The van der Waals surface area contributed by atoms with Crippen LogP contribution in [0.25, 0.3) is 0 Å². The highest BCUT2D eigenvalue weighted by Gasteiger charge is 2.15. The maximum absolute atomic E-state index is 12.3. The lowest BCUT2D eigenvalue weighted by atomic mass is 10.2. The van der Waals surface area contributed by atoms with Gasteiger partial charge in [0.25, 0.3) is 11.8 Å². The molecule has 0 saturated carbocycles. The molecule has 2 aromatic carbocycles. The third kappa shape index (κ3) is 5.29. The van der Waals surface area contributed by atoms with Crippen molar-refractivity contribution in [2.24, 2.45) is 5.10 Å². The number of carbonyl (C=O) groups excluding carboxylic acids is 2. The van der Waals surface area contributed by atoms with Crippen LogP contribution in [0.15, 0.2) is 69.4 Å². The minimum absolute atomic E-state index is 0.113. The number of phenols is 1. The van der Waals surface area contributed by atoms with Gasteiger partial charge in [0.15, 0.2) is 0 Å². The second-order valence-electron chi connectivity index (χ2n) is 5.61. The molecule has 0 spiro atoms. The molecular weight excluding hydrogens is 398 g/mol. The number of hydrogen-bond acceptors (Lipinski definition) is 4. The van der Waals surface area contributed by atoms with Crippen molar-refractivity contribution in [2.45, 2.75) is 13.8 Å². The molecule has 7 heteroatoms. The number of aromatic hydroxyl groups is 1. The molecule has 2 rings (SSSR count). The van der Waals surface area contributed by atoms with Crippen molar-refractivity contribution in [2.75, 3.05) is 0 Å². The molecule has 0 aliphatic rings. The van der Waals surface area contributed by atoms with E-state index in [1.807, 2.05) is 6.07 Å². The average Bonchev–Trinajstić information content (AvgIpc) is 2.62. The zero-order valence-corrected chi connectivity index (χ0v) is 15.9. The van der Waals surface area contributed by atoms with Gasteiger partial charge in [-0.15, -0.1) is 0 Å². The van der Waals surface area contributed by atoms with Crippen LogP contribution in [-0.2, 0) is 4.79 Å². The highest BCUT2D eigenvalue weighted by Crippen LogP contribution is 2.23. The molecule has 3 N–H and O–H groups in total. The van der Waals surface area contributed by atoms with Crippen molar-refractivity contribution in [3.05, 3.63) is 75.4 Å². The van der Waals surface area contributed by atoms with E-state index in [9.17, 15) is 14.7 Å². The fourth-order valence-electron chi connectivity index (χ4n) is 2.01. The number of nitrogens with zero attached hydrogens (tertiary/aromatic N) is 1. The Morgan fingerprint density at radius 2 is 1.81 bits per heavy atom. The summed E-state index contributed by atoms with van der Waals surface area (Å²) in [5, 5.41) is 16.0. The first-order valence-electron chi connectivity index (χ1n) is 7.74. The van der Waals surface area contributed by atoms with Crippen LogP contribution in [0.2, 0.25) is 0 Å². The summed E-state index contributed by atoms with van der Waals surface area (Å²) >= 11 is 3.20. The number of benzene rings is 2. The van der Waals surface area contributed by atoms with Crippen LogP contribution >= 0.6 is 15.9 Å². The Kier molecular flexibility index (Phi) is 6.68. The highest BCUT2D eigenvalue weighted by atomic mass is 79.9. The minimum atomic E-state index is -0.525. The standard InChI is InChI=1S/C19H18BrN3O3/c1-12(2)17(22-18(25)14-6-4-3-5-7-14)19(26)23-21-11-13-8-9-16(24)15(20)10-13/h3-11,24H,1-2H3,(H,22,25)(H,23,26)/b21-11+. The molecule has 0 aliphatic carbocycles. The van der Waals surface area contributed by atoms with E-state index in [0.717, 1.165) is 0 Å². The lowest BCUT2D eigenvalue weighted by molar-refractivity contribution is -0.117. The van der Waals surface area contributed by atoms with Crippen LogP contribution in [-0.4, -0.2) is 23.1 Å². The molecule has 2 amide bonds. The maximum Gasteiger partial charge on any atom is 0.287 e. The lowest BCUT2D eigenvalue weighted by Gasteiger charge is -2.10. The topological polar surface area (TPSA) is 90.8 Å². The minimum Gasteiger partial charge on any atom is -0.507 e. The van der Waals surface area contributed by atoms with Gasteiger partial charge in [-0.25, -0.2) is 5.43 Å². The number of allylic oxidation sites excluding steroid dienone is 1. The van der Waals surface area contributed by atoms with Crippen molar-refractivity contribution in [1.82, 2.24) is 10.7 Å². The van der Waals surface area contributed by atoms with Gasteiger partial charge in [-0.1, -0.05) is 18.2 Å². The Hall–Kier alpha value is -2.93. The first kappa shape index (κ1) is 19.4. The van der Waals surface area contributed by atoms with Gasteiger partial charge in [0.2, 0.25) is 0 Å². The first-order valence-corrected chi connectivity index (χ1v) is 8.53. The number of hydrogen-bond donors (Lipinski definition) is 3. The first-order chi connectivity index (χ1) is 12.4. The molecule has 0 aliphatic heterocycles. The van der Waals surface area contributed by atoms with Crippen molar-refractivity contribution in [3.63, 3.8) is 0 Å². The van der Waals surface area contributed by atoms with E-state index in [4.69, 9.17) is 0 Å². The summed E-state index contributed by atoms with van der Waals surface area (Å²) in [4.78, 5) is 24.6. The summed E-state index contributed by atoms with van der Waals surface area (Å²) in [5.74, 6) is -0.784. The Labute approximate surface area is 159 Å². The van der Waals surface area contributed by atoms with Gasteiger partial charge in [-0.3, -0.25) is 9.59 Å². The Balaban J connectivity index is 2.05. The Morgan fingerprint density at radius 3 is 2.42 bits per heavy atom. The number of rotatable bonds is 5. The second kappa shape index (κ2) is 8.96. The summed E-state index contributed by atoms with van der Waals surface area (Å²) < 4.78 is 0.521. The number of nitrogens with one attached hydrogen (secondary N) is 2. The number of carbonyl (C=O) groups is 2. The van der Waals surface area contributed by atoms with Crippen LogP contribution in [0, 0.1) is 0 Å². The summed E-state index contributed by atoms with van der Waals surface area (Å²) in [7, 11) is 0. The molecule has 0 fully saturated rings. The van der Waals surface area contributed by atoms with Crippen LogP contribution in [0.3, 0.4) is 0 Å². The van der Waals surface area contributed by atoms with E-state index < -0.39 is 5.91 Å². The van der Waals surface area contributed by atoms with Gasteiger partial charge in [0, 0.05) is 5.56 Å². The third-order valence-electron chi connectivity index (χ3n) is 3.35. The van der Waals surface area contributed by atoms with E-state index in [-0.39, 0.29) is 17.4 Å². The van der Waals surface area contributed by atoms with E-state index in [1.54, 1.807) is 50.2 Å². The molecule has 0 aromatic heterocycles. The molecule has 0 bridgehead atoms. The summed E-state index contributed by atoms with van der Waals surface area (Å²) in [5.41, 5.74) is 4.31. The summed E-state index contributed by atoms with van der Waals surface area (Å²) in [6, 6.07) is 13.4. The van der Waals surface area contributed by atoms with Gasteiger partial charge < -0.3 is 10.4 Å². The molecule has 0 radical (unpaired) electrons. The zero-order chi connectivity index (χ0) is 19.1. The van der Waals surface area contributed by atoms with E-state index in [1.165, 1.54) is 12.3 Å². The molecule has 0 atom stereocenters. The Bertz CT molecular complexity index is 873. The Morgan fingerprint density at radius 1 is 1.12 bits per heavy atom. The van der Waals surface area contributed by atoms with Crippen LogP contribution in [0.1, 0.15) is 29.8 Å². The van der Waals surface area contributed by atoms with Crippen LogP contribution < -0.4 is 10.7 Å². The predicted octanol–water partition coefficient (Wildman–Crippen LogP) is 3.33. The van der Waals surface area contributed by atoms with Gasteiger partial charge in [-0.2, -0.15) is 5.10 Å². The fourth-order valence-corrected chi connectivity index (χ4v) is 2.41. The molecule has 26 heavy (non-hydrogen) atoms. The molecule has 0 saturated heterocycles. The zero-order valence-electron chi connectivity index (χ0n) is 14.3. The van der Waals surface area contributed by atoms with Crippen molar-refractivity contribution < 1.29 is 14.7 Å². The van der Waals surface area contributed by atoms with Crippen molar-refractivity contribution in [3.8, 4) is 5.75 Å². The lowest BCUT2D eigenvalue weighted by Crippen LogP contribution is -2.33. The fraction of sp³-hybridized carbons (Fsp3) is 0.105. The molecule has 2 aromatic rings. The normalized spacial score (nSPS) is 10.4. The molecule has 0 heterocycles. The second-order valence-corrected chi connectivity index (χ2v) is 6.46. The largest absolute Gasteiger partial charge is 0.507 e. The predicted molar refractivity (Wildman–Crippen MR) is 104 cm³/mol. The average molecular weight is 416 g/mol. The summed E-state index contributed by atoms with van der Waals surface area (Å²) in [6.07, 6.45) is 1.43. The summed E-state index contributed by atoms with van der Waals surface area (Å²) in [6.45, 7) is 3.45. The monoisotopic (exact) mass is 415 g/mol. The van der Waals surface area contributed by atoms with Crippen molar-refractivity contribution >= 4 is 34.0 Å². The SMILES string of the molecule is CC(C)=C(NC(=O)c1ccccc1)C(=O)N/N=C/c1ccc(O)c(Br)c1. The highest BCUT2D eigenvalue weighted by molar-refractivity contribution is 9.10. The van der Waals surface area contributed by atoms with Gasteiger partial charge in [0.1, 0.15) is 11.4 Å². The molecule has 6 nitrogen and oxygen atoms in total. The van der Waals surface area contributed by atoms with Crippen LogP contribution in [0.5, 0.6) is 5.75 Å². The number of halogens is 1. The molecule has 0 unspecified atom stereocenters. The van der Waals surface area contributed by atoms with Gasteiger partial charge >= 0.3 is 0 Å². The van der Waals surface area contributed by atoms with E-state index in [0.29, 0.717) is 21.2 Å². The number of phenolic OH excluding ortho intramolecular Hbond substituents is 1. The maximum atomic E-state index is 12.3. The molecule has 134 valence electrons. The third-order valence-corrected chi connectivity index (χ3v) is 3.99. The van der Waals surface area contributed by atoms with Crippen LogP contribution in [0.4, 0.5) is 0 Å². The van der Waals surface area contributed by atoms with Gasteiger partial charge in [0.05, 0.1) is 10.7 Å².